The van der Waals surface area contributed by atoms with Crippen LogP contribution < -0.4 is 15.5 Å². The smallest absolute Gasteiger partial charge is 0.265 e. The first-order valence-corrected chi connectivity index (χ1v) is 9.72. The Hall–Kier alpha value is -2.94. The van der Waals surface area contributed by atoms with Crippen molar-refractivity contribution in [3.63, 3.8) is 0 Å². The summed E-state index contributed by atoms with van der Waals surface area (Å²) in [6.07, 6.45) is 6.88. The Morgan fingerprint density at radius 1 is 1.19 bits per heavy atom. The van der Waals surface area contributed by atoms with E-state index in [1.807, 2.05) is 13.0 Å². The highest BCUT2D eigenvalue weighted by Gasteiger charge is 2.41. The van der Waals surface area contributed by atoms with Gasteiger partial charge in [0.25, 0.3) is 5.91 Å². The highest BCUT2D eigenvalue weighted by Crippen LogP contribution is 2.40. The highest BCUT2D eigenvalue weighted by atomic mass is 32.1. The van der Waals surface area contributed by atoms with Crippen molar-refractivity contribution in [1.82, 2.24) is 25.5 Å². The normalized spacial score (nSPS) is 18.1. The highest BCUT2D eigenvalue weighted by molar-refractivity contribution is 7.18. The Kier molecular flexibility index (Phi) is 3.64. The molecule has 2 aliphatic heterocycles. The summed E-state index contributed by atoms with van der Waals surface area (Å²) in [5.74, 6) is 0.731. The second-order valence-corrected chi connectivity index (χ2v) is 8.01. The molecule has 1 fully saturated rings. The van der Waals surface area contributed by atoms with Gasteiger partial charge in [0.15, 0.2) is 0 Å². The van der Waals surface area contributed by atoms with E-state index in [-0.39, 0.29) is 5.91 Å². The number of piperidine rings is 1. The van der Waals surface area contributed by atoms with Crippen LogP contribution in [0.2, 0.25) is 0 Å². The monoisotopic (exact) mass is 381 g/mol. The Bertz CT molecular complexity index is 988. The number of fused-ring (bicyclic) bond motifs is 1. The van der Waals surface area contributed by atoms with E-state index >= 15 is 0 Å². The SMILES string of the molecule is Cc1[nH]ncc1-c1cc2c(s1)C(=O)NC1(CCN(c3ncccn3)CC1)N2. The molecule has 138 valence electrons. The van der Waals surface area contributed by atoms with Crippen molar-refractivity contribution in [2.45, 2.75) is 25.4 Å². The van der Waals surface area contributed by atoms with Gasteiger partial charge in [-0.25, -0.2) is 9.97 Å². The van der Waals surface area contributed by atoms with Gasteiger partial charge in [-0.15, -0.1) is 11.3 Å². The third-order valence-electron chi connectivity index (χ3n) is 5.21. The summed E-state index contributed by atoms with van der Waals surface area (Å²) in [6.45, 7) is 3.55. The van der Waals surface area contributed by atoms with Crippen molar-refractivity contribution in [2.75, 3.05) is 23.3 Å². The van der Waals surface area contributed by atoms with E-state index in [9.17, 15) is 4.79 Å². The molecule has 2 aliphatic rings. The topological polar surface area (TPSA) is 98.8 Å². The number of carbonyl (C=O) groups excluding carboxylic acids is 1. The molecule has 1 saturated heterocycles. The number of carbonyl (C=O) groups is 1. The summed E-state index contributed by atoms with van der Waals surface area (Å²) in [7, 11) is 0. The summed E-state index contributed by atoms with van der Waals surface area (Å²) < 4.78 is 0. The molecular formula is C18H19N7OS. The predicted molar refractivity (Wildman–Crippen MR) is 104 cm³/mol. The molecule has 1 spiro atoms. The average molecular weight is 381 g/mol. The van der Waals surface area contributed by atoms with E-state index in [0.29, 0.717) is 0 Å². The van der Waals surface area contributed by atoms with Crippen LogP contribution in [-0.2, 0) is 0 Å². The number of aromatic nitrogens is 4. The first-order chi connectivity index (χ1) is 13.1. The van der Waals surface area contributed by atoms with Gasteiger partial charge < -0.3 is 15.5 Å². The number of aryl methyl sites for hydroxylation is 1. The zero-order chi connectivity index (χ0) is 18.4. The fourth-order valence-corrected chi connectivity index (χ4v) is 4.82. The van der Waals surface area contributed by atoms with Gasteiger partial charge in [0, 0.05) is 54.5 Å². The van der Waals surface area contributed by atoms with Crippen LogP contribution in [0.25, 0.3) is 10.4 Å². The van der Waals surface area contributed by atoms with Crippen LogP contribution >= 0.6 is 11.3 Å². The molecule has 0 aromatic carbocycles. The number of H-pyrrole nitrogens is 1. The van der Waals surface area contributed by atoms with Gasteiger partial charge in [-0.1, -0.05) is 0 Å². The first-order valence-electron chi connectivity index (χ1n) is 8.90. The number of nitrogens with one attached hydrogen (secondary N) is 3. The lowest BCUT2D eigenvalue weighted by atomic mass is 9.94. The molecule has 0 atom stereocenters. The maximum Gasteiger partial charge on any atom is 0.265 e. The number of nitrogens with zero attached hydrogens (tertiary/aromatic N) is 4. The van der Waals surface area contributed by atoms with E-state index in [2.05, 4.69) is 41.8 Å². The molecule has 0 unspecified atom stereocenters. The van der Waals surface area contributed by atoms with Crippen molar-refractivity contribution >= 4 is 28.9 Å². The summed E-state index contributed by atoms with van der Waals surface area (Å²) in [6, 6.07) is 3.88. The van der Waals surface area contributed by atoms with Crippen LogP contribution in [0.5, 0.6) is 0 Å². The van der Waals surface area contributed by atoms with E-state index in [0.717, 1.165) is 58.6 Å². The fourth-order valence-electron chi connectivity index (χ4n) is 3.74. The van der Waals surface area contributed by atoms with Gasteiger partial charge in [-0.2, -0.15) is 5.10 Å². The number of hydrogen-bond acceptors (Lipinski definition) is 7. The molecule has 5 rings (SSSR count). The molecule has 0 radical (unpaired) electrons. The van der Waals surface area contributed by atoms with E-state index in [1.54, 1.807) is 18.6 Å². The molecule has 1 amide bonds. The first kappa shape index (κ1) is 16.2. The number of thiophene rings is 1. The van der Waals surface area contributed by atoms with Gasteiger partial charge in [0.2, 0.25) is 5.95 Å². The standard InChI is InChI=1S/C18H19N7OS/c1-11-12(10-21-24-11)14-9-13-15(27-14)16(26)23-18(22-13)3-7-25(8-4-18)17-19-5-2-6-20-17/h2,5-6,9-10,22H,3-4,7-8H2,1H3,(H,21,24)(H,23,26). The minimum atomic E-state index is -0.418. The second kappa shape index (κ2) is 6.05. The minimum Gasteiger partial charge on any atom is -0.361 e. The van der Waals surface area contributed by atoms with Crippen molar-refractivity contribution in [2.24, 2.45) is 0 Å². The maximum atomic E-state index is 12.8. The molecule has 3 aromatic heterocycles. The number of amides is 1. The lowest BCUT2D eigenvalue weighted by Crippen LogP contribution is -2.62. The van der Waals surface area contributed by atoms with Crippen LogP contribution in [0.4, 0.5) is 11.6 Å². The molecule has 0 aliphatic carbocycles. The quantitative estimate of drug-likeness (QED) is 0.630. The van der Waals surface area contributed by atoms with Crippen LogP contribution in [0.1, 0.15) is 28.2 Å². The maximum absolute atomic E-state index is 12.8. The molecule has 3 aromatic rings. The summed E-state index contributed by atoms with van der Waals surface area (Å²) in [5.41, 5.74) is 2.52. The molecular weight excluding hydrogens is 362 g/mol. The van der Waals surface area contributed by atoms with Gasteiger partial charge >= 0.3 is 0 Å². The van der Waals surface area contributed by atoms with Gasteiger partial charge in [0.05, 0.1) is 11.9 Å². The number of aromatic amines is 1. The molecule has 3 N–H and O–H groups in total. The third-order valence-corrected chi connectivity index (χ3v) is 6.38. The third kappa shape index (κ3) is 2.74. The lowest BCUT2D eigenvalue weighted by Gasteiger charge is -2.45. The van der Waals surface area contributed by atoms with E-state index in [4.69, 9.17) is 0 Å². The minimum absolute atomic E-state index is 0.00874. The predicted octanol–water partition coefficient (Wildman–Crippen LogP) is 2.39. The average Bonchev–Trinajstić information content (AvgIpc) is 3.29. The molecule has 9 heteroatoms. The zero-order valence-corrected chi connectivity index (χ0v) is 15.6. The fraction of sp³-hybridized carbons (Fsp3) is 0.333. The van der Waals surface area contributed by atoms with Crippen molar-refractivity contribution in [3.8, 4) is 10.4 Å². The Labute approximate surface area is 160 Å². The molecule has 8 nitrogen and oxygen atoms in total. The van der Waals surface area contributed by atoms with E-state index in [1.165, 1.54) is 11.3 Å². The Balaban J connectivity index is 1.38. The zero-order valence-electron chi connectivity index (χ0n) is 14.8. The van der Waals surface area contributed by atoms with Crippen LogP contribution in [0.3, 0.4) is 0 Å². The van der Waals surface area contributed by atoms with Crippen molar-refractivity contribution in [1.29, 1.82) is 0 Å². The Morgan fingerprint density at radius 3 is 2.67 bits per heavy atom. The van der Waals surface area contributed by atoms with Gasteiger partial charge in [-0.3, -0.25) is 9.89 Å². The largest absolute Gasteiger partial charge is 0.361 e. The summed E-state index contributed by atoms with van der Waals surface area (Å²) >= 11 is 1.50. The molecule has 0 bridgehead atoms. The summed E-state index contributed by atoms with van der Waals surface area (Å²) in [5, 5.41) is 13.8. The lowest BCUT2D eigenvalue weighted by molar-refractivity contribution is 0.0890. The Morgan fingerprint density at radius 2 is 1.96 bits per heavy atom. The number of anilines is 2. The second-order valence-electron chi connectivity index (χ2n) is 6.96. The number of rotatable bonds is 2. The number of hydrogen-bond donors (Lipinski definition) is 3. The van der Waals surface area contributed by atoms with Crippen LogP contribution in [-0.4, -0.2) is 44.8 Å². The van der Waals surface area contributed by atoms with Gasteiger partial charge in [0.1, 0.15) is 10.5 Å². The van der Waals surface area contributed by atoms with Crippen LogP contribution in [0.15, 0.2) is 30.7 Å². The van der Waals surface area contributed by atoms with Crippen molar-refractivity contribution < 1.29 is 4.79 Å². The molecule has 27 heavy (non-hydrogen) atoms. The summed E-state index contributed by atoms with van der Waals surface area (Å²) in [4.78, 5) is 25.4. The van der Waals surface area contributed by atoms with Gasteiger partial charge in [-0.05, 0) is 19.1 Å². The molecule has 5 heterocycles. The van der Waals surface area contributed by atoms with Crippen molar-refractivity contribution in [3.05, 3.63) is 41.3 Å². The van der Waals surface area contributed by atoms with E-state index < -0.39 is 5.66 Å². The molecule has 0 saturated carbocycles. The van der Waals surface area contributed by atoms with Crippen LogP contribution in [0, 0.1) is 6.92 Å².